The average Bonchev–Trinajstić information content (AvgIpc) is 2.78. The minimum Gasteiger partial charge on any atom is -0.301 e. The standard InChI is InChI=1S/C14H20N2/c1-12(14-6-4-3-5-7-14)16-9-8-13(11-16)10-15-2/h3-7,10,12-13H,8-9,11H2,1-2H3/t12-,13?/m1/s1. The van der Waals surface area contributed by atoms with E-state index < -0.39 is 0 Å². The molecule has 2 nitrogen and oxygen atoms in total. The van der Waals surface area contributed by atoms with Gasteiger partial charge in [-0.05, 0) is 25.5 Å². The number of likely N-dealkylation sites (tertiary alicyclic amines) is 1. The Kier molecular flexibility index (Phi) is 3.73. The molecule has 0 N–H and O–H groups in total. The molecular weight excluding hydrogens is 196 g/mol. The Balaban J connectivity index is 1.99. The van der Waals surface area contributed by atoms with Crippen LogP contribution in [-0.4, -0.2) is 31.3 Å². The molecule has 0 aliphatic carbocycles. The van der Waals surface area contributed by atoms with Gasteiger partial charge in [0.25, 0.3) is 0 Å². The van der Waals surface area contributed by atoms with Gasteiger partial charge in [0.15, 0.2) is 0 Å². The first-order valence-corrected chi connectivity index (χ1v) is 6.02. The summed E-state index contributed by atoms with van der Waals surface area (Å²) in [5.41, 5.74) is 1.41. The SMILES string of the molecule is CN=CC1CCN([C@H](C)c2ccccc2)C1. The van der Waals surface area contributed by atoms with Crippen molar-refractivity contribution in [3.05, 3.63) is 35.9 Å². The Morgan fingerprint density at radius 1 is 1.38 bits per heavy atom. The van der Waals surface area contributed by atoms with Crippen LogP contribution < -0.4 is 0 Å². The Morgan fingerprint density at radius 3 is 2.81 bits per heavy atom. The number of benzene rings is 1. The molecule has 86 valence electrons. The maximum atomic E-state index is 4.13. The predicted molar refractivity (Wildman–Crippen MR) is 69.0 cm³/mol. The second-order valence-electron chi connectivity index (χ2n) is 4.54. The largest absolute Gasteiger partial charge is 0.301 e. The fraction of sp³-hybridized carbons (Fsp3) is 0.500. The van der Waals surface area contributed by atoms with Crippen LogP contribution in [0.3, 0.4) is 0 Å². The molecule has 1 aromatic carbocycles. The van der Waals surface area contributed by atoms with E-state index in [0.717, 1.165) is 6.54 Å². The van der Waals surface area contributed by atoms with E-state index in [2.05, 4.69) is 53.4 Å². The molecule has 0 amide bonds. The summed E-state index contributed by atoms with van der Waals surface area (Å²) in [4.78, 5) is 6.68. The average molecular weight is 216 g/mol. The summed E-state index contributed by atoms with van der Waals surface area (Å²) in [6.07, 6.45) is 3.34. The van der Waals surface area contributed by atoms with Gasteiger partial charge in [-0.1, -0.05) is 30.3 Å². The fourth-order valence-electron chi connectivity index (χ4n) is 2.44. The Morgan fingerprint density at radius 2 is 2.12 bits per heavy atom. The van der Waals surface area contributed by atoms with E-state index >= 15 is 0 Å². The summed E-state index contributed by atoms with van der Waals surface area (Å²) in [5, 5.41) is 0. The molecule has 1 aromatic rings. The highest BCUT2D eigenvalue weighted by molar-refractivity contribution is 5.61. The molecular formula is C14H20N2. The molecule has 1 fully saturated rings. The number of hydrogen-bond acceptors (Lipinski definition) is 2. The van der Waals surface area contributed by atoms with Crippen LogP contribution in [0.15, 0.2) is 35.3 Å². The normalized spacial score (nSPS) is 24.0. The zero-order chi connectivity index (χ0) is 11.4. The van der Waals surface area contributed by atoms with Crippen LogP contribution in [0.5, 0.6) is 0 Å². The van der Waals surface area contributed by atoms with E-state index in [1.54, 1.807) is 0 Å². The van der Waals surface area contributed by atoms with Crippen LogP contribution >= 0.6 is 0 Å². The first-order valence-electron chi connectivity index (χ1n) is 6.02. The van der Waals surface area contributed by atoms with Crippen molar-refractivity contribution in [2.24, 2.45) is 10.9 Å². The molecule has 0 spiro atoms. The minimum absolute atomic E-state index is 0.524. The lowest BCUT2D eigenvalue weighted by molar-refractivity contribution is 0.259. The molecule has 16 heavy (non-hydrogen) atoms. The highest BCUT2D eigenvalue weighted by atomic mass is 15.2. The van der Waals surface area contributed by atoms with Crippen molar-refractivity contribution in [3.63, 3.8) is 0 Å². The van der Waals surface area contributed by atoms with E-state index in [1.807, 2.05) is 7.05 Å². The van der Waals surface area contributed by atoms with Crippen LogP contribution in [-0.2, 0) is 0 Å². The van der Waals surface area contributed by atoms with Crippen molar-refractivity contribution in [1.82, 2.24) is 4.90 Å². The molecule has 1 heterocycles. The van der Waals surface area contributed by atoms with Crippen molar-refractivity contribution < 1.29 is 0 Å². The number of aliphatic imine (C=N–C) groups is 1. The van der Waals surface area contributed by atoms with Gasteiger partial charge in [-0.3, -0.25) is 4.90 Å². The molecule has 1 aliphatic heterocycles. The van der Waals surface area contributed by atoms with E-state index in [0.29, 0.717) is 12.0 Å². The first kappa shape index (κ1) is 11.3. The van der Waals surface area contributed by atoms with Gasteiger partial charge in [-0.2, -0.15) is 0 Å². The number of nitrogens with zero attached hydrogens (tertiary/aromatic N) is 2. The lowest BCUT2D eigenvalue weighted by Gasteiger charge is -2.24. The molecule has 2 rings (SSSR count). The van der Waals surface area contributed by atoms with Crippen LogP contribution in [0.1, 0.15) is 24.9 Å². The van der Waals surface area contributed by atoms with Crippen LogP contribution in [0, 0.1) is 5.92 Å². The lowest BCUT2D eigenvalue weighted by Crippen LogP contribution is -2.24. The summed E-state index contributed by atoms with van der Waals surface area (Å²) in [6.45, 7) is 4.63. The zero-order valence-electron chi connectivity index (χ0n) is 10.1. The quantitative estimate of drug-likeness (QED) is 0.709. The van der Waals surface area contributed by atoms with E-state index in [1.165, 1.54) is 18.5 Å². The maximum absolute atomic E-state index is 4.13. The van der Waals surface area contributed by atoms with Crippen LogP contribution in [0.2, 0.25) is 0 Å². The van der Waals surface area contributed by atoms with Gasteiger partial charge in [0.2, 0.25) is 0 Å². The van der Waals surface area contributed by atoms with Crippen molar-refractivity contribution in [2.45, 2.75) is 19.4 Å². The molecule has 0 saturated carbocycles. The molecule has 1 unspecified atom stereocenters. The van der Waals surface area contributed by atoms with E-state index in [-0.39, 0.29) is 0 Å². The Bertz CT molecular complexity index is 345. The van der Waals surface area contributed by atoms with Crippen molar-refractivity contribution >= 4 is 6.21 Å². The second kappa shape index (κ2) is 5.26. The fourth-order valence-corrected chi connectivity index (χ4v) is 2.44. The topological polar surface area (TPSA) is 15.6 Å². The van der Waals surface area contributed by atoms with Gasteiger partial charge in [0, 0.05) is 31.8 Å². The number of hydrogen-bond donors (Lipinski definition) is 0. The highest BCUT2D eigenvalue weighted by Gasteiger charge is 2.25. The summed E-state index contributed by atoms with van der Waals surface area (Å²) in [7, 11) is 1.86. The first-order chi connectivity index (χ1) is 7.81. The van der Waals surface area contributed by atoms with Gasteiger partial charge in [0.1, 0.15) is 0 Å². The third-order valence-corrected chi connectivity index (χ3v) is 3.45. The van der Waals surface area contributed by atoms with Gasteiger partial charge in [-0.25, -0.2) is 0 Å². The second-order valence-corrected chi connectivity index (χ2v) is 4.54. The molecule has 0 radical (unpaired) electrons. The van der Waals surface area contributed by atoms with Crippen LogP contribution in [0.4, 0.5) is 0 Å². The molecule has 1 aliphatic rings. The van der Waals surface area contributed by atoms with E-state index in [9.17, 15) is 0 Å². The van der Waals surface area contributed by atoms with Gasteiger partial charge in [0.05, 0.1) is 0 Å². The monoisotopic (exact) mass is 216 g/mol. The summed E-state index contributed by atoms with van der Waals surface area (Å²) >= 11 is 0. The minimum atomic E-state index is 0.524. The third kappa shape index (κ3) is 2.50. The molecule has 0 bridgehead atoms. The summed E-state index contributed by atoms with van der Waals surface area (Å²) < 4.78 is 0. The Hall–Kier alpha value is -1.15. The van der Waals surface area contributed by atoms with Gasteiger partial charge >= 0.3 is 0 Å². The molecule has 2 atom stereocenters. The summed E-state index contributed by atoms with van der Waals surface area (Å²) in [5.74, 6) is 0.649. The van der Waals surface area contributed by atoms with Crippen molar-refractivity contribution in [3.8, 4) is 0 Å². The molecule has 2 heteroatoms. The van der Waals surface area contributed by atoms with Crippen molar-refractivity contribution in [1.29, 1.82) is 0 Å². The lowest BCUT2D eigenvalue weighted by atomic mass is 10.1. The van der Waals surface area contributed by atoms with Crippen molar-refractivity contribution in [2.75, 3.05) is 20.1 Å². The highest BCUT2D eigenvalue weighted by Crippen LogP contribution is 2.26. The number of rotatable bonds is 3. The van der Waals surface area contributed by atoms with Gasteiger partial charge < -0.3 is 4.99 Å². The predicted octanol–water partition coefficient (Wildman–Crippen LogP) is 2.77. The molecule has 0 aromatic heterocycles. The van der Waals surface area contributed by atoms with E-state index in [4.69, 9.17) is 0 Å². The van der Waals surface area contributed by atoms with Crippen LogP contribution in [0.25, 0.3) is 0 Å². The Labute approximate surface area is 98.0 Å². The smallest absolute Gasteiger partial charge is 0.0320 e. The molecule has 1 saturated heterocycles. The zero-order valence-corrected chi connectivity index (χ0v) is 10.1. The summed E-state index contributed by atoms with van der Waals surface area (Å²) in [6, 6.07) is 11.3. The maximum Gasteiger partial charge on any atom is 0.0320 e. The third-order valence-electron chi connectivity index (χ3n) is 3.45. The van der Waals surface area contributed by atoms with Gasteiger partial charge in [-0.15, -0.1) is 0 Å².